The molecule has 0 amide bonds. The number of hydrogen-bond acceptors (Lipinski definition) is 6. The van der Waals surface area contributed by atoms with Crippen molar-refractivity contribution in [1.82, 2.24) is 14.5 Å². The third-order valence-corrected chi connectivity index (χ3v) is 8.96. The molecule has 0 aliphatic carbocycles. The maximum absolute atomic E-state index is 5.52. The second-order valence-electron chi connectivity index (χ2n) is 11.3. The molecule has 0 saturated heterocycles. The fraction of sp³-hybridized carbons (Fsp3) is 0.114. The predicted octanol–water partition coefficient (Wildman–Crippen LogP) is 5.65. The molecule has 4 aromatic carbocycles. The molecule has 2 aromatic heterocycles. The minimum absolute atomic E-state index is 0.618. The summed E-state index contributed by atoms with van der Waals surface area (Å²) in [6.45, 7) is 2.15. The maximum Gasteiger partial charge on any atom is 0.164 e. The van der Waals surface area contributed by atoms with Crippen LogP contribution in [-0.4, -0.2) is 39.0 Å². The van der Waals surface area contributed by atoms with Crippen molar-refractivity contribution in [2.45, 2.75) is 12.6 Å². The molecule has 43 heavy (non-hydrogen) atoms. The number of fused-ring (bicyclic) bond motifs is 19. The van der Waals surface area contributed by atoms with Crippen LogP contribution in [0.4, 0.5) is 11.6 Å². The van der Waals surface area contributed by atoms with Crippen LogP contribution in [0, 0.1) is 0 Å². The lowest BCUT2D eigenvalue weighted by atomic mass is 10.0. The lowest BCUT2D eigenvalue weighted by Gasteiger charge is -2.30. The van der Waals surface area contributed by atoms with Crippen LogP contribution in [0.25, 0.3) is 21.5 Å². The zero-order valence-corrected chi connectivity index (χ0v) is 23.9. The van der Waals surface area contributed by atoms with Gasteiger partial charge in [-0.15, -0.1) is 0 Å². The van der Waals surface area contributed by atoms with Gasteiger partial charge in [-0.1, -0.05) is 97.1 Å². The van der Waals surface area contributed by atoms with Crippen LogP contribution in [0.3, 0.4) is 0 Å². The summed E-state index contributed by atoms with van der Waals surface area (Å²) in [5.41, 5.74) is 4.97. The van der Waals surface area contributed by atoms with Crippen LogP contribution in [0.2, 0.25) is 0 Å². The number of amidine groups is 3. The number of H-pyrrole nitrogens is 1. The summed E-state index contributed by atoms with van der Waals surface area (Å²) in [6.07, 6.45) is 0. The highest BCUT2D eigenvalue weighted by Crippen LogP contribution is 2.42. The predicted molar refractivity (Wildman–Crippen MR) is 170 cm³/mol. The van der Waals surface area contributed by atoms with Crippen molar-refractivity contribution in [1.29, 1.82) is 0 Å². The molecule has 0 saturated carbocycles. The van der Waals surface area contributed by atoms with Gasteiger partial charge in [0.2, 0.25) is 0 Å². The van der Waals surface area contributed by atoms with Gasteiger partial charge in [0, 0.05) is 57.9 Å². The average molecular weight is 559 g/mol. The van der Waals surface area contributed by atoms with E-state index in [4.69, 9.17) is 25.0 Å². The van der Waals surface area contributed by atoms with E-state index >= 15 is 0 Å². The van der Waals surface area contributed by atoms with Crippen molar-refractivity contribution in [3.63, 3.8) is 0 Å². The summed E-state index contributed by atoms with van der Waals surface area (Å²) < 4.78 is 2.08. The fourth-order valence-electron chi connectivity index (χ4n) is 6.64. The number of aromatic amines is 1. The zero-order valence-electron chi connectivity index (χ0n) is 23.9. The summed E-state index contributed by atoms with van der Waals surface area (Å²) in [6, 6.07) is 33.1. The molecule has 8 bridgehead atoms. The first-order chi connectivity index (χ1) is 21.0. The van der Waals surface area contributed by atoms with Crippen LogP contribution < -0.4 is 11.0 Å². The molecule has 206 valence electrons. The highest BCUT2D eigenvalue weighted by molar-refractivity contribution is 6.23. The van der Waals surface area contributed by atoms with E-state index in [1.165, 1.54) is 0 Å². The standard InChI is InChI=1S/C35H26N8/c1-35-27-19-11-10-18-26(27)33(43(35)3)40-31-23-15-7-5-13-21(23)29(38-31)36-28-20-12-4-6-14-22(20)30(37-28)39-32-24-16-8-9-17-25(24)34(41-35)42(32)2/h4-19,38H,1-3H3. The van der Waals surface area contributed by atoms with Crippen LogP contribution in [0.1, 0.15) is 29.2 Å². The van der Waals surface area contributed by atoms with Gasteiger partial charge >= 0.3 is 0 Å². The molecule has 8 nitrogen and oxygen atoms in total. The summed E-state index contributed by atoms with van der Waals surface area (Å²) >= 11 is 0. The Morgan fingerprint density at radius 1 is 0.558 bits per heavy atom. The Balaban J connectivity index is 1.47. The largest absolute Gasteiger partial charge is 0.331 e. The van der Waals surface area contributed by atoms with Crippen molar-refractivity contribution in [2.75, 3.05) is 7.05 Å². The molecular formula is C35H26N8. The smallest absolute Gasteiger partial charge is 0.164 e. The molecule has 9 rings (SSSR count). The highest BCUT2D eigenvalue weighted by atomic mass is 15.3. The molecule has 0 radical (unpaired) electrons. The molecule has 3 aliphatic rings. The number of aromatic nitrogens is 2. The zero-order chi connectivity index (χ0) is 28.9. The van der Waals surface area contributed by atoms with Gasteiger partial charge in [-0.05, 0) is 6.92 Å². The molecule has 0 fully saturated rings. The number of nitrogens with zero attached hydrogens (tertiary/aromatic N) is 7. The maximum atomic E-state index is 5.52. The molecular weight excluding hydrogens is 532 g/mol. The minimum atomic E-state index is -0.716. The van der Waals surface area contributed by atoms with Crippen molar-refractivity contribution in [2.24, 2.45) is 32.0 Å². The van der Waals surface area contributed by atoms with E-state index in [2.05, 4.69) is 95.2 Å². The highest BCUT2D eigenvalue weighted by Gasteiger charge is 2.43. The van der Waals surface area contributed by atoms with Crippen molar-refractivity contribution < 1.29 is 0 Å². The second-order valence-corrected chi connectivity index (χ2v) is 11.3. The van der Waals surface area contributed by atoms with E-state index in [1.807, 2.05) is 37.4 Å². The first-order valence-corrected chi connectivity index (χ1v) is 14.3. The summed E-state index contributed by atoms with van der Waals surface area (Å²) in [5.74, 6) is 3.55. The first-order valence-electron chi connectivity index (χ1n) is 14.3. The third-order valence-electron chi connectivity index (χ3n) is 8.96. The van der Waals surface area contributed by atoms with Crippen molar-refractivity contribution >= 4 is 50.7 Å². The van der Waals surface area contributed by atoms with Gasteiger partial charge in [0.15, 0.2) is 17.3 Å². The Morgan fingerprint density at radius 3 is 1.79 bits per heavy atom. The normalized spacial score (nSPS) is 18.5. The van der Waals surface area contributed by atoms with Gasteiger partial charge in [-0.25, -0.2) is 25.0 Å². The average Bonchev–Trinajstić information content (AvgIpc) is 3.71. The van der Waals surface area contributed by atoms with Crippen LogP contribution >= 0.6 is 0 Å². The Labute approximate surface area is 246 Å². The van der Waals surface area contributed by atoms with Gasteiger partial charge in [-0.3, -0.25) is 0 Å². The van der Waals surface area contributed by atoms with Gasteiger partial charge < -0.3 is 14.5 Å². The van der Waals surface area contributed by atoms with Crippen molar-refractivity contribution in [3.8, 4) is 0 Å². The van der Waals surface area contributed by atoms with E-state index in [1.54, 1.807) is 0 Å². The second kappa shape index (κ2) is 8.45. The number of hydrogen-bond donors (Lipinski definition) is 1. The lowest BCUT2D eigenvalue weighted by molar-refractivity contribution is 0.252. The number of rotatable bonds is 0. The van der Waals surface area contributed by atoms with E-state index in [-0.39, 0.29) is 0 Å². The van der Waals surface area contributed by atoms with Crippen LogP contribution in [-0.2, 0) is 12.7 Å². The van der Waals surface area contributed by atoms with Gasteiger partial charge in [0.25, 0.3) is 0 Å². The van der Waals surface area contributed by atoms with Gasteiger partial charge in [0.05, 0.1) is 0 Å². The molecule has 8 heteroatoms. The fourth-order valence-corrected chi connectivity index (χ4v) is 6.64. The van der Waals surface area contributed by atoms with E-state index in [0.29, 0.717) is 17.5 Å². The summed E-state index contributed by atoms with van der Waals surface area (Å²) in [5, 5.41) is 4.03. The lowest BCUT2D eigenvalue weighted by Crippen LogP contribution is -2.40. The topological polar surface area (TPSA) is 85.8 Å². The molecule has 6 aromatic rings. The summed E-state index contributed by atoms with van der Waals surface area (Å²) in [4.78, 5) is 31.8. The van der Waals surface area contributed by atoms with E-state index in [9.17, 15) is 0 Å². The first kappa shape index (κ1) is 24.0. The number of nitrogens with one attached hydrogen (secondary N) is 1. The van der Waals surface area contributed by atoms with Crippen molar-refractivity contribution in [3.05, 3.63) is 130 Å². The van der Waals surface area contributed by atoms with Gasteiger partial charge in [0.1, 0.15) is 28.4 Å². The van der Waals surface area contributed by atoms with Gasteiger partial charge in [-0.2, -0.15) is 0 Å². The number of aliphatic imine (C=N–C) groups is 3. The Morgan fingerprint density at radius 2 is 1.09 bits per heavy atom. The molecule has 1 unspecified atom stereocenters. The summed E-state index contributed by atoms with van der Waals surface area (Å²) in [7, 11) is 4.10. The number of benzene rings is 4. The molecule has 5 heterocycles. The Bertz CT molecular complexity index is 2400. The van der Waals surface area contributed by atoms with E-state index in [0.717, 1.165) is 66.4 Å². The molecule has 0 spiro atoms. The monoisotopic (exact) mass is 558 g/mol. The SMILES string of the molecule is CN1C2=Nc3[nH]c(c4ccccc34)N=C3N=C(N=c4c5ccccc5c(n4C)=NC1(C)c1ccccc12)c1ccccc13. The van der Waals surface area contributed by atoms with E-state index < -0.39 is 5.66 Å². The molecule has 1 N–H and O–H groups in total. The molecule has 1 atom stereocenters. The van der Waals surface area contributed by atoms with Crippen LogP contribution in [0.5, 0.6) is 0 Å². The molecule has 3 aliphatic heterocycles. The third kappa shape index (κ3) is 3.23. The van der Waals surface area contributed by atoms with Crippen LogP contribution in [0.15, 0.2) is 122 Å². The minimum Gasteiger partial charge on any atom is -0.331 e. The Hall–Kier alpha value is -5.63. The Kier molecular flexibility index (Phi) is 4.72. The quantitative estimate of drug-likeness (QED) is 0.257.